The van der Waals surface area contributed by atoms with Gasteiger partial charge in [-0.1, -0.05) is 27.7 Å². The summed E-state index contributed by atoms with van der Waals surface area (Å²) < 4.78 is 0. The van der Waals surface area contributed by atoms with Gasteiger partial charge >= 0.3 is 0 Å². The quantitative estimate of drug-likeness (QED) is 0.672. The molecule has 0 saturated heterocycles. The van der Waals surface area contributed by atoms with Gasteiger partial charge in [0.1, 0.15) is 5.69 Å². The minimum absolute atomic E-state index is 0.0414. The Balaban J connectivity index is 2.15. The molecule has 106 valence electrons. The molecule has 20 heavy (non-hydrogen) atoms. The van der Waals surface area contributed by atoms with Gasteiger partial charge in [-0.2, -0.15) is 5.26 Å². The van der Waals surface area contributed by atoms with Gasteiger partial charge in [0.25, 0.3) is 5.69 Å². The number of anilines is 1. The third-order valence-electron chi connectivity index (χ3n) is 5.14. The van der Waals surface area contributed by atoms with E-state index in [0.29, 0.717) is 23.7 Å². The number of nitro groups is 1. The average Bonchev–Trinajstić information content (AvgIpc) is 2.77. The summed E-state index contributed by atoms with van der Waals surface area (Å²) in [6.07, 6.45) is 0. The molecule has 1 aliphatic carbocycles. The Labute approximate surface area is 118 Å². The van der Waals surface area contributed by atoms with Crippen molar-refractivity contribution in [3.8, 4) is 6.07 Å². The summed E-state index contributed by atoms with van der Waals surface area (Å²) in [5.74, 6) is 0.477. The van der Waals surface area contributed by atoms with Crippen LogP contribution < -0.4 is 5.32 Å². The third kappa shape index (κ3) is 2.11. The van der Waals surface area contributed by atoms with Gasteiger partial charge in [0.15, 0.2) is 0 Å². The summed E-state index contributed by atoms with van der Waals surface area (Å²) in [7, 11) is 0. The lowest BCUT2D eigenvalue weighted by Crippen LogP contribution is -2.09. The number of benzene rings is 1. The lowest BCUT2D eigenvalue weighted by Gasteiger charge is -2.08. The van der Waals surface area contributed by atoms with E-state index in [2.05, 4.69) is 33.0 Å². The van der Waals surface area contributed by atoms with Gasteiger partial charge in [-0.15, -0.1) is 0 Å². The van der Waals surface area contributed by atoms with Crippen molar-refractivity contribution < 1.29 is 4.92 Å². The van der Waals surface area contributed by atoms with Crippen LogP contribution in [0.1, 0.15) is 33.3 Å². The Morgan fingerprint density at radius 1 is 1.35 bits per heavy atom. The Bertz CT molecular complexity index is 586. The standard InChI is InChI=1S/C15H19N3O2/c1-14(2)13(15(14,3)4)9-17-11-6-5-10(8-16)7-12(11)18(19)20/h5-7,13,17H,9H2,1-4H3. The van der Waals surface area contributed by atoms with E-state index in [-0.39, 0.29) is 16.5 Å². The van der Waals surface area contributed by atoms with Crippen LogP contribution in [0.5, 0.6) is 0 Å². The first-order chi connectivity index (χ1) is 9.21. The number of nitrogens with one attached hydrogen (secondary N) is 1. The SMILES string of the molecule is CC1(C)C(CNc2ccc(C#N)cc2[N+](=O)[O-])C1(C)C. The highest BCUT2D eigenvalue weighted by Gasteiger charge is 2.64. The van der Waals surface area contributed by atoms with Gasteiger partial charge in [0.05, 0.1) is 16.6 Å². The molecule has 0 aromatic heterocycles. The highest BCUT2D eigenvalue weighted by molar-refractivity contribution is 5.64. The molecule has 1 aromatic carbocycles. The predicted octanol–water partition coefficient (Wildman–Crippen LogP) is 3.56. The fourth-order valence-corrected chi connectivity index (χ4v) is 2.96. The number of nitriles is 1. The molecule has 1 fully saturated rings. The van der Waals surface area contributed by atoms with E-state index in [1.165, 1.54) is 6.07 Å². The fourth-order valence-electron chi connectivity index (χ4n) is 2.96. The topological polar surface area (TPSA) is 79.0 Å². The van der Waals surface area contributed by atoms with Crippen LogP contribution in [0.15, 0.2) is 18.2 Å². The van der Waals surface area contributed by atoms with E-state index >= 15 is 0 Å². The maximum Gasteiger partial charge on any atom is 0.293 e. The zero-order chi connectivity index (χ0) is 15.1. The Hall–Kier alpha value is -2.09. The molecule has 0 radical (unpaired) electrons. The lowest BCUT2D eigenvalue weighted by atomic mass is 10.0. The molecule has 5 nitrogen and oxygen atoms in total. The van der Waals surface area contributed by atoms with Crippen LogP contribution in [-0.2, 0) is 0 Å². The van der Waals surface area contributed by atoms with E-state index in [1.54, 1.807) is 12.1 Å². The maximum atomic E-state index is 11.1. The monoisotopic (exact) mass is 273 g/mol. The number of nitro benzene ring substituents is 1. The summed E-state index contributed by atoms with van der Waals surface area (Å²) in [4.78, 5) is 10.6. The zero-order valence-electron chi connectivity index (χ0n) is 12.2. The molecule has 0 atom stereocenters. The van der Waals surface area contributed by atoms with Gasteiger partial charge < -0.3 is 5.32 Å². The normalized spacial score (nSPS) is 19.1. The Kier molecular flexibility index (Phi) is 3.21. The third-order valence-corrected chi connectivity index (χ3v) is 5.14. The first kappa shape index (κ1) is 14.3. The van der Waals surface area contributed by atoms with Crippen LogP contribution in [0.25, 0.3) is 0 Å². The molecule has 1 N–H and O–H groups in total. The zero-order valence-corrected chi connectivity index (χ0v) is 12.2. The summed E-state index contributed by atoms with van der Waals surface area (Å²) >= 11 is 0. The molecule has 0 aliphatic heterocycles. The van der Waals surface area contributed by atoms with Gasteiger partial charge in [-0.3, -0.25) is 10.1 Å². The fraction of sp³-hybridized carbons (Fsp3) is 0.533. The van der Waals surface area contributed by atoms with Gasteiger partial charge in [-0.25, -0.2) is 0 Å². The van der Waals surface area contributed by atoms with Crippen LogP contribution in [0.3, 0.4) is 0 Å². The van der Waals surface area contributed by atoms with E-state index < -0.39 is 4.92 Å². The summed E-state index contributed by atoms with van der Waals surface area (Å²) in [5.41, 5.74) is 1.21. The van der Waals surface area contributed by atoms with Crippen LogP contribution in [0, 0.1) is 38.2 Å². The second kappa shape index (κ2) is 4.48. The van der Waals surface area contributed by atoms with E-state index in [0.717, 1.165) is 0 Å². The molecule has 1 aromatic rings. The number of nitrogens with zero attached hydrogens (tertiary/aromatic N) is 2. The average molecular weight is 273 g/mol. The first-order valence-corrected chi connectivity index (χ1v) is 6.64. The largest absolute Gasteiger partial charge is 0.379 e. The smallest absolute Gasteiger partial charge is 0.293 e. The molecule has 1 aliphatic rings. The van der Waals surface area contributed by atoms with Crippen molar-refractivity contribution in [2.24, 2.45) is 16.7 Å². The minimum atomic E-state index is -0.452. The molecule has 0 heterocycles. The van der Waals surface area contributed by atoms with Crippen LogP contribution in [-0.4, -0.2) is 11.5 Å². The van der Waals surface area contributed by atoms with Crippen molar-refractivity contribution in [2.45, 2.75) is 27.7 Å². The molecule has 0 spiro atoms. The molecule has 1 saturated carbocycles. The molecular weight excluding hydrogens is 254 g/mol. The lowest BCUT2D eigenvalue weighted by molar-refractivity contribution is -0.384. The second-order valence-corrected chi connectivity index (χ2v) is 6.48. The highest BCUT2D eigenvalue weighted by atomic mass is 16.6. The Morgan fingerprint density at radius 3 is 2.40 bits per heavy atom. The molecule has 2 rings (SSSR count). The summed E-state index contributed by atoms with van der Waals surface area (Å²) in [6.45, 7) is 9.56. The second-order valence-electron chi connectivity index (χ2n) is 6.48. The minimum Gasteiger partial charge on any atom is -0.379 e. The maximum absolute atomic E-state index is 11.1. The van der Waals surface area contributed by atoms with Crippen molar-refractivity contribution in [2.75, 3.05) is 11.9 Å². The van der Waals surface area contributed by atoms with Crippen molar-refractivity contribution in [3.63, 3.8) is 0 Å². The van der Waals surface area contributed by atoms with Crippen LogP contribution >= 0.6 is 0 Å². The molecule has 0 amide bonds. The van der Waals surface area contributed by atoms with Gasteiger partial charge in [-0.05, 0) is 28.9 Å². The summed E-state index contributed by atoms with van der Waals surface area (Å²) in [6, 6.07) is 6.44. The molecule has 0 bridgehead atoms. The van der Waals surface area contributed by atoms with Gasteiger partial charge in [0.2, 0.25) is 0 Å². The highest BCUT2D eigenvalue weighted by Crippen LogP contribution is 2.68. The number of hydrogen-bond acceptors (Lipinski definition) is 4. The molecule has 5 heteroatoms. The van der Waals surface area contributed by atoms with Crippen molar-refractivity contribution in [3.05, 3.63) is 33.9 Å². The van der Waals surface area contributed by atoms with Crippen molar-refractivity contribution in [1.82, 2.24) is 0 Å². The number of hydrogen-bond donors (Lipinski definition) is 1. The molecule has 0 unspecified atom stereocenters. The molecular formula is C15H19N3O2. The van der Waals surface area contributed by atoms with Crippen molar-refractivity contribution in [1.29, 1.82) is 5.26 Å². The van der Waals surface area contributed by atoms with E-state index in [9.17, 15) is 10.1 Å². The number of rotatable bonds is 4. The Morgan fingerprint density at radius 2 is 1.95 bits per heavy atom. The van der Waals surface area contributed by atoms with Crippen molar-refractivity contribution >= 4 is 11.4 Å². The predicted molar refractivity (Wildman–Crippen MR) is 77.4 cm³/mol. The van der Waals surface area contributed by atoms with Gasteiger partial charge in [0, 0.05) is 12.6 Å². The first-order valence-electron chi connectivity index (χ1n) is 6.64. The van der Waals surface area contributed by atoms with Crippen LogP contribution in [0.2, 0.25) is 0 Å². The van der Waals surface area contributed by atoms with Crippen LogP contribution in [0.4, 0.5) is 11.4 Å². The van der Waals surface area contributed by atoms with E-state index in [4.69, 9.17) is 5.26 Å². The van der Waals surface area contributed by atoms with E-state index in [1.807, 2.05) is 6.07 Å². The summed E-state index contributed by atoms with van der Waals surface area (Å²) in [5, 5.41) is 23.0.